The molecular formula is C16H15BrO. The second-order valence-electron chi connectivity index (χ2n) is 4.64. The fourth-order valence-corrected chi connectivity index (χ4v) is 3.02. The number of hydrogen-bond acceptors (Lipinski definition) is 1. The van der Waals surface area contributed by atoms with Crippen molar-refractivity contribution in [2.24, 2.45) is 0 Å². The summed E-state index contributed by atoms with van der Waals surface area (Å²) in [5.41, 5.74) is 4.04. The average Bonchev–Trinajstić information content (AvgIpc) is 2.79. The monoisotopic (exact) mass is 302 g/mol. The van der Waals surface area contributed by atoms with Crippen molar-refractivity contribution in [1.29, 1.82) is 0 Å². The van der Waals surface area contributed by atoms with Crippen molar-refractivity contribution in [3.63, 3.8) is 0 Å². The Morgan fingerprint density at radius 3 is 2.78 bits per heavy atom. The molecule has 3 rings (SSSR count). The van der Waals surface area contributed by atoms with Crippen molar-refractivity contribution < 1.29 is 4.74 Å². The van der Waals surface area contributed by atoms with Gasteiger partial charge in [0, 0.05) is 4.83 Å². The maximum atomic E-state index is 5.84. The van der Waals surface area contributed by atoms with Gasteiger partial charge in [-0.3, -0.25) is 0 Å². The van der Waals surface area contributed by atoms with Gasteiger partial charge in [-0.05, 0) is 41.7 Å². The van der Waals surface area contributed by atoms with Crippen molar-refractivity contribution in [2.75, 3.05) is 0 Å². The zero-order valence-electron chi connectivity index (χ0n) is 10.1. The summed E-state index contributed by atoms with van der Waals surface area (Å²) in [7, 11) is 0. The molecule has 1 aliphatic carbocycles. The van der Waals surface area contributed by atoms with Crippen LogP contribution in [-0.2, 0) is 13.0 Å². The van der Waals surface area contributed by atoms with Gasteiger partial charge < -0.3 is 4.74 Å². The van der Waals surface area contributed by atoms with Crippen molar-refractivity contribution in [1.82, 2.24) is 0 Å². The van der Waals surface area contributed by atoms with Crippen LogP contribution in [-0.4, -0.2) is 0 Å². The Balaban J connectivity index is 1.72. The van der Waals surface area contributed by atoms with E-state index in [4.69, 9.17) is 4.74 Å². The third kappa shape index (κ3) is 2.44. The molecule has 0 radical (unpaired) electrons. The predicted molar refractivity (Wildman–Crippen MR) is 77.2 cm³/mol. The molecular weight excluding hydrogens is 288 g/mol. The molecule has 0 saturated heterocycles. The van der Waals surface area contributed by atoms with Gasteiger partial charge in [-0.25, -0.2) is 0 Å². The first-order chi connectivity index (χ1) is 8.83. The first-order valence-corrected chi connectivity index (χ1v) is 7.18. The zero-order chi connectivity index (χ0) is 12.4. The van der Waals surface area contributed by atoms with Crippen LogP contribution in [0.1, 0.15) is 27.9 Å². The van der Waals surface area contributed by atoms with Gasteiger partial charge in [0.25, 0.3) is 0 Å². The van der Waals surface area contributed by atoms with Crippen LogP contribution in [0.4, 0.5) is 0 Å². The molecule has 2 aromatic rings. The summed E-state index contributed by atoms with van der Waals surface area (Å²) in [6.45, 7) is 0.632. The molecule has 0 fully saturated rings. The molecule has 1 nitrogen and oxygen atoms in total. The van der Waals surface area contributed by atoms with Gasteiger partial charge in [0.05, 0.1) is 0 Å². The summed E-state index contributed by atoms with van der Waals surface area (Å²) in [5, 5.41) is 0. The summed E-state index contributed by atoms with van der Waals surface area (Å²) in [4.78, 5) is 0.493. The first-order valence-electron chi connectivity index (χ1n) is 6.26. The smallest absolute Gasteiger partial charge is 0.120 e. The van der Waals surface area contributed by atoms with Crippen LogP contribution in [0.25, 0.3) is 0 Å². The Morgan fingerprint density at radius 1 is 1.11 bits per heavy atom. The maximum absolute atomic E-state index is 5.84. The minimum atomic E-state index is 0.493. The first kappa shape index (κ1) is 11.8. The third-order valence-corrected chi connectivity index (χ3v) is 4.32. The molecule has 2 heteroatoms. The summed E-state index contributed by atoms with van der Waals surface area (Å²) in [6, 6.07) is 16.7. The van der Waals surface area contributed by atoms with Crippen LogP contribution >= 0.6 is 15.9 Å². The lowest BCUT2D eigenvalue weighted by molar-refractivity contribution is 0.306. The Kier molecular flexibility index (Phi) is 3.37. The van der Waals surface area contributed by atoms with Gasteiger partial charge in [-0.2, -0.15) is 0 Å². The average molecular weight is 303 g/mol. The molecule has 0 saturated carbocycles. The van der Waals surface area contributed by atoms with Crippen LogP contribution in [0.5, 0.6) is 5.75 Å². The zero-order valence-corrected chi connectivity index (χ0v) is 11.7. The van der Waals surface area contributed by atoms with Gasteiger partial charge >= 0.3 is 0 Å². The van der Waals surface area contributed by atoms with Crippen molar-refractivity contribution in [3.8, 4) is 5.75 Å². The molecule has 1 unspecified atom stereocenters. The minimum Gasteiger partial charge on any atom is -0.489 e. The number of rotatable bonds is 3. The number of benzene rings is 2. The molecule has 2 aromatic carbocycles. The molecule has 0 bridgehead atoms. The van der Waals surface area contributed by atoms with E-state index in [2.05, 4.69) is 46.3 Å². The summed E-state index contributed by atoms with van der Waals surface area (Å²) >= 11 is 3.71. The van der Waals surface area contributed by atoms with E-state index in [0.29, 0.717) is 11.4 Å². The Hall–Kier alpha value is -1.28. The number of fused-ring (bicyclic) bond motifs is 1. The second kappa shape index (κ2) is 5.15. The summed E-state index contributed by atoms with van der Waals surface area (Å²) in [5.74, 6) is 0.962. The molecule has 18 heavy (non-hydrogen) atoms. The molecule has 0 spiro atoms. The molecule has 0 heterocycles. The minimum absolute atomic E-state index is 0.493. The molecule has 1 aliphatic rings. The van der Waals surface area contributed by atoms with Gasteiger partial charge in [-0.15, -0.1) is 0 Å². The SMILES string of the molecule is BrC1CCc2ccc(OCc3ccccc3)cc21. The Morgan fingerprint density at radius 2 is 1.94 bits per heavy atom. The quantitative estimate of drug-likeness (QED) is 0.750. The normalized spacial score (nSPS) is 17.5. The van der Waals surface area contributed by atoms with E-state index >= 15 is 0 Å². The topological polar surface area (TPSA) is 9.23 Å². The lowest BCUT2D eigenvalue weighted by atomic mass is 10.1. The number of alkyl halides is 1. The predicted octanol–water partition coefficient (Wildman–Crippen LogP) is 4.65. The van der Waals surface area contributed by atoms with E-state index in [-0.39, 0.29) is 0 Å². The highest BCUT2D eigenvalue weighted by Crippen LogP contribution is 2.39. The highest BCUT2D eigenvalue weighted by atomic mass is 79.9. The van der Waals surface area contributed by atoms with Crippen LogP contribution < -0.4 is 4.74 Å². The maximum Gasteiger partial charge on any atom is 0.120 e. The summed E-state index contributed by atoms with van der Waals surface area (Å²) in [6.07, 6.45) is 2.36. The van der Waals surface area contributed by atoms with Crippen LogP contribution in [0.2, 0.25) is 0 Å². The van der Waals surface area contributed by atoms with E-state index < -0.39 is 0 Å². The van der Waals surface area contributed by atoms with E-state index in [0.717, 1.165) is 5.75 Å². The Bertz CT molecular complexity index is 536. The van der Waals surface area contributed by atoms with Crippen molar-refractivity contribution >= 4 is 15.9 Å². The number of aryl methyl sites for hydroxylation is 1. The van der Waals surface area contributed by atoms with Gasteiger partial charge in [0.1, 0.15) is 12.4 Å². The van der Waals surface area contributed by atoms with Crippen molar-refractivity contribution in [2.45, 2.75) is 24.3 Å². The van der Waals surface area contributed by atoms with Crippen LogP contribution in [0, 0.1) is 0 Å². The molecule has 0 N–H and O–H groups in total. The number of ether oxygens (including phenoxy) is 1. The second-order valence-corrected chi connectivity index (χ2v) is 5.75. The standard InChI is InChI=1S/C16H15BrO/c17-16-9-7-13-6-8-14(10-15(13)16)18-11-12-4-2-1-3-5-12/h1-6,8,10,16H,7,9,11H2. The van der Waals surface area contributed by atoms with Crippen LogP contribution in [0.3, 0.4) is 0 Å². The van der Waals surface area contributed by atoms with E-state index in [1.165, 1.54) is 29.5 Å². The summed E-state index contributed by atoms with van der Waals surface area (Å²) < 4.78 is 5.84. The van der Waals surface area contributed by atoms with Crippen LogP contribution in [0.15, 0.2) is 48.5 Å². The molecule has 0 aromatic heterocycles. The fourth-order valence-electron chi connectivity index (χ4n) is 2.36. The largest absolute Gasteiger partial charge is 0.489 e. The molecule has 0 amide bonds. The number of hydrogen-bond donors (Lipinski definition) is 0. The fraction of sp³-hybridized carbons (Fsp3) is 0.250. The van der Waals surface area contributed by atoms with Gasteiger partial charge in [0.15, 0.2) is 0 Å². The van der Waals surface area contributed by atoms with E-state index in [1.54, 1.807) is 0 Å². The van der Waals surface area contributed by atoms with E-state index in [1.807, 2.05) is 18.2 Å². The Labute approximate surface area is 116 Å². The van der Waals surface area contributed by atoms with Crippen molar-refractivity contribution in [3.05, 3.63) is 65.2 Å². The van der Waals surface area contributed by atoms with Gasteiger partial charge in [-0.1, -0.05) is 52.3 Å². The highest BCUT2D eigenvalue weighted by Gasteiger charge is 2.20. The third-order valence-electron chi connectivity index (χ3n) is 3.37. The lowest BCUT2D eigenvalue weighted by Crippen LogP contribution is -1.96. The van der Waals surface area contributed by atoms with E-state index in [9.17, 15) is 0 Å². The molecule has 1 atom stereocenters. The number of halogens is 1. The molecule has 92 valence electrons. The molecule has 0 aliphatic heterocycles. The van der Waals surface area contributed by atoms with Gasteiger partial charge in [0.2, 0.25) is 0 Å². The highest BCUT2D eigenvalue weighted by molar-refractivity contribution is 9.09. The lowest BCUT2D eigenvalue weighted by Gasteiger charge is -2.09.